The highest BCUT2D eigenvalue weighted by atomic mass is 16.5. The third-order valence-corrected chi connectivity index (χ3v) is 8.10. The van der Waals surface area contributed by atoms with Gasteiger partial charge in [0.15, 0.2) is 16.9 Å². The molecule has 1 unspecified atom stereocenters. The van der Waals surface area contributed by atoms with Gasteiger partial charge in [-0.05, 0) is 61.2 Å². The molecule has 3 aromatic rings. The minimum Gasteiger partial charge on any atom is -0.493 e. The monoisotopic (exact) mass is 548 g/mol. The third-order valence-electron chi connectivity index (χ3n) is 8.10. The molecule has 0 N–H and O–H groups in total. The van der Waals surface area contributed by atoms with Crippen LogP contribution in [0.25, 0.3) is 11.0 Å². The molecule has 2 aliphatic heterocycles. The zero-order chi connectivity index (χ0) is 28.2. The maximum Gasteiger partial charge on any atom is 0.290 e. The van der Waals surface area contributed by atoms with E-state index in [9.17, 15) is 9.59 Å². The average Bonchev–Trinajstić information content (AvgIpc) is 3.24. The normalized spacial score (nSPS) is 17.4. The van der Waals surface area contributed by atoms with E-state index in [-0.39, 0.29) is 17.1 Å². The molecule has 0 saturated carbocycles. The van der Waals surface area contributed by atoms with Crippen LogP contribution in [-0.2, 0) is 4.74 Å². The van der Waals surface area contributed by atoms with E-state index in [1.165, 1.54) is 12.8 Å². The van der Waals surface area contributed by atoms with Gasteiger partial charge in [0.1, 0.15) is 5.58 Å². The Balaban J connectivity index is 1.53. The summed E-state index contributed by atoms with van der Waals surface area (Å²) in [5.41, 5.74) is 3.47. The van der Waals surface area contributed by atoms with Crippen molar-refractivity contribution in [2.24, 2.45) is 0 Å². The highest BCUT2D eigenvalue weighted by Gasteiger charge is 2.43. The first-order valence-electron chi connectivity index (χ1n) is 14.4. The molecule has 1 atom stereocenters. The number of aryl methyl sites for hydroxylation is 2. The number of fused-ring (bicyclic) bond motifs is 2. The molecule has 2 aromatic carbocycles. The highest BCUT2D eigenvalue weighted by molar-refractivity contribution is 5.99. The average molecular weight is 549 g/mol. The number of hydrogen-bond donors (Lipinski definition) is 0. The summed E-state index contributed by atoms with van der Waals surface area (Å²) in [6.07, 6.45) is 4.46. The number of carbonyl (C=O) groups excluding carboxylic acids is 1. The minimum absolute atomic E-state index is 0.128. The largest absolute Gasteiger partial charge is 0.493 e. The van der Waals surface area contributed by atoms with E-state index in [2.05, 4.69) is 11.8 Å². The number of nitrogens with zero attached hydrogens (tertiary/aromatic N) is 2. The molecule has 3 heterocycles. The van der Waals surface area contributed by atoms with Crippen LogP contribution in [0.15, 0.2) is 39.5 Å². The second-order valence-corrected chi connectivity index (χ2v) is 10.8. The molecule has 0 bridgehead atoms. The predicted molar refractivity (Wildman–Crippen MR) is 155 cm³/mol. The molecule has 8 heteroatoms. The van der Waals surface area contributed by atoms with Gasteiger partial charge in [-0.25, -0.2) is 0 Å². The Morgan fingerprint density at radius 2 is 1.73 bits per heavy atom. The van der Waals surface area contributed by atoms with Crippen molar-refractivity contribution in [1.82, 2.24) is 9.80 Å². The van der Waals surface area contributed by atoms with Crippen molar-refractivity contribution in [2.75, 3.05) is 53.1 Å². The predicted octanol–water partition coefficient (Wildman–Crippen LogP) is 5.25. The maximum absolute atomic E-state index is 14.0. The van der Waals surface area contributed by atoms with Gasteiger partial charge in [-0.1, -0.05) is 32.3 Å². The molecule has 0 spiro atoms. The number of benzene rings is 2. The Labute approximate surface area is 235 Å². The highest BCUT2D eigenvalue weighted by Crippen LogP contribution is 2.41. The molecule has 1 aromatic heterocycles. The zero-order valence-corrected chi connectivity index (χ0v) is 24.1. The molecule has 0 aliphatic carbocycles. The van der Waals surface area contributed by atoms with Gasteiger partial charge in [0.05, 0.1) is 43.9 Å². The van der Waals surface area contributed by atoms with Gasteiger partial charge in [-0.2, -0.15) is 0 Å². The van der Waals surface area contributed by atoms with Gasteiger partial charge >= 0.3 is 0 Å². The fourth-order valence-corrected chi connectivity index (χ4v) is 5.61. The van der Waals surface area contributed by atoms with Crippen molar-refractivity contribution in [3.8, 4) is 11.5 Å². The number of hydrogen-bond acceptors (Lipinski definition) is 7. The summed E-state index contributed by atoms with van der Waals surface area (Å²) >= 11 is 0. The quantitative estimate of drug-likeness (QED) is 0.303. The summed E-state index contributed by atoms with van der Waals surface area (Å²) in [5, 5.41) is 0.494. The van der Waals surface area contributed by atoms with Crippen LogP contribution in [0, 0.1) is 13.8 Å². The van der Waals surface area contributed by atoms with Crippen LogP contribution in [0.3, 0.4) is 0 Å². The zero-order valence-electron chi connectivity index (χ0n) is 24.1. The van der Waals surface area contributed by atoms with Gasteiger partial charge in [0.25, 0.3) is 5.91 Å². The number of methoxy groups -OCH3 is 1. The molecule has 8 nitrogen and oxygen atoms in total. The van der Waals surface area contributed by atoms with Gasteiger partial charge in [-0.3, -0.25) is 14.5 Å². The lowest BCUT2D eigenvalue weighted by molar-refractivity contribution is 0.0314. The summed E-state index contributed by atoms with van der Waals surface area (Å²) in [4.78, 5) is 31.9. The lowest BCUT2D eigenvalue weighted by atomic mass is 9.97. The van der Waals surface area contributed by atoms with E-state index < -0.39 is 6.04 Å². The van der Waals surface area contributed by atoms with Crippen molar-refractivity contribution in [1.29, 1.82) is 0 Å². The van der Waals surface area contributed by atoms with E-state index in [0.29, 0.717) is 60.9 Å². The van der Waals surface area contributed by atoms with Crippen molar-refractivity contribution >= 4 is 16.9 Å². The SMILES string of the molecule is CCCCCCOc1ccc(C2c3c(oc4cc(C)c(C)cc4c3=O)C(=O)N2CCN2CCOCC2)cc1OC. The number of ether oxygens (including phenoxy) is 3. The molecule has 0 radical (unpaired) electrons. The number of morpholine rings is 1. The summed E-state index contributed by atoms with van der Waals surface area (Å²) in [7, 11) is 1.61. The fourth-order valence-electron chi connectivity index (χ4n) is 5.61. The molecular weight excluding hydrogens is 508 g/mol. The van der Waals surface area contributed by atoms with Crippen LogP contribution >= 0.6 is 0 Å². The third kappa shape index (κ3) is 5.60. The summed E-state index contributed by atoms with van der Waals surface area (Å²) in [6, 6.07) is 8.83. The smallest absolute Gasteiger partial charge is 0.290 e. The van der Waals surface area contributed by atoms with E-state index >= 15 is 0 Å². The van der Waals surface area contributed by atoms with Gasteiger partial charge in [-0.15, -0.1) is 0 Å². The topological polar surface area (TPSA) is 81.5 Å². The molecule has 5 rings (SSSR count). The van der Waals surface area contributed by atoms with Crippen LogP contribution in [0.1, 0.15) is 71.5 Å². The van der Waals surface area contributed by atoms with Gasteiger partial charge in [0, 0.05) is 26.2 Å². The van der Waals surface area contributed by atoms with Crippen LogP contribution < -0.4 is 14.9 Å². The minimum atomic E-state index is -0.585. The van der Waals surface area contributed by atoms with E-state index in [1.54, 1.807) is 12.0 Å². The first-order valence-corrected chi connectivity index (χ1v) is 14.4. The Bertz CT molecular complexity index is 1430. The Morgan fingerprint density at radius 3 is 2.48 bits per heavy atom. The van der Waals surface area contributed by atoms with E-state index in [1.807, 2.05) is 44.2 Å². The lowest BCUT2D eigenvalue weighted by Gasteiger charge is -2.31. The van der Waals surface area contributed by atoms with Crippen molar-refractivity contribution in [2.45, 2.75) is 52.5 Å². The second-order valence-electron chi connectivity index (χ2n) is 10.8. The molecular formula is C32H40N2O6. The second kappa shape index (κ2) is 12.4. The van der Waals surface area contributed by atoms with Crippen molar-refractivity contribution in [3.63, 3.8) is 0 Å². The number of carbonyl (C=O) groups is 1. The molecule has 1 fully saturated rings. The fraction of sp³-hybridized carbons (Fsp3) is 0.500. The Morgan fingerprint density at radius 1 is 0.950 bits per heavy atom. The lowest BCUT2D eigenvalue weighted by Crippen LogP contribution is -2.42. The Kier molecular flexibility index (Phi) is 8.76. The van der Waals surface area contributed by atoms with Crippen molar-refractivity contribution in [3.05, 3.63) is 68.6 Å². The number of rotatable bonds is 11. The van der Waals surface area contributed by atoms with Crippen LogP contribution in [0.5, 0.6) is 11.5 Å². The van der Waals surface area contributed by atoms with Crippen LogP contribution in [0.2, 0.25) is 0 Å². The molecule has 2 aliphatic rings. The molecule has 40 heavy (non-hydrogen) atoms. The first kappa shape index (κ1) is 28.2. The standard InChI is InChI=1S/C32H40N2O6/c1-5-6-7-8-15-39-25-10-9-23(20-27(25)37-4)29-28-30(35)24-18-21(2)22(3)19-26(24)40-31(28)32(36)34(29)12-11-33-13-16-38-17-14-33/h9-10,18-20,29H,5-8,11-17H2,1-4H3. The summed E-state index contributed by atoms with van der Waals surface area (Å²) in [6.45, 7) is 10.9. The molecule has 214 valence electrons. The summed E-state index contributed by atoms with van der Waals surface area (Å²) < 4.78 is 23.4. The van der Waals surface area contributed by atoms with Crippen LogP contribution in [0.4, 0.5) is 0 Å². The Hall–Kier alpha value is -3.36. The van der Waals surface area contributed by atoms with E-state index in [4.69, 9.17) is 18.6 Å². The van der Waals surface area contributed by atoms with Crippen molar-refractivity contribution < 1.29 is 23.4 Å². The molecule has 1 saturated heterocycles. The number of amides is 1. The van der Waals surface area contributed by atoms with E-state index in [0.717, 1.165) is 42.6 Å². The van der Waals surface area contributed by atoms with Gasteiger partial charge in [0.2, 0.25) is 5.76 Å². The number of unbranched alkanes of at least 4 members (excludes halogenated alkanes) is 3. The maximum atomic E-state index is 14.0. The van der Waals surface area contributed by atoms with Gasteiger partial charge < -0.3 is 23.5 Å². The summed E-state index contributed by atoms with van der Waals surface area (Å²) in [5.74, 6) is 1.10. The molecule has 1 amide bonds. The van der Waals surface area contributed by atoms with Crippen LogP contribution in [-0.4, -0.2) is 68.8 Å². The first-order chi connectivity index (χ1) is 19.4.